The van der Waals surface area contributed by atoms with Gasteiger partial charge < -0.3 is 9.80 Å². The van der Waals surface area contributed by atoms with E-state index in [1.165, 1.54) is 5.70 Å². The normalized spacial score (nSPS) is 30.9. The Morgan fingerprint density at radius 2 is 2.04 bits per heavy atom. The van der Waals surface area contributed by atoms with Crippen molar-refractivity contribution in [2.24, 2.45) is 21.3 Å². The Morgan fingerprint density at radius 3 is 2.70 bits per heavy atom. The van der Waals surface area contributed by atoms with Gasteiger partial charge in [0, 0.05) is 19.3 Å². The van der Waals surface area contributed by atoms with Crippen LogP contribution in [0.2, 0.25) is 0 Å². The summed E-state index contributed by atoms with van der Waals surface area (Å²) in [6, 6.07) is -0.0612. The molecule has 0 aromatic heterocycles. The summed E-state index contributed by atoms with van der Waals surface area (Å²) < 4.78 is 14.3. The Hall–Kier alpha value is -1.65. The molecule has 1 fully saturated rings. The van der Waals surface area contributed by atoms with E-state index in [-0.39, 0.29) is 17.4 Å². The number of hydrogen-bond donors (Lipinski definition) is 0. The Balaban J connectivity index is 1.78. The first-order valence-corrected chi connectivity index (χ1v) is 8.36. The molecule has 3 aliphatic rings. The molecule has 0 bridgehead atoms. The molecule has 3 aliphatic heterocycles. The summed E-state index contributed by atoms with van der Waals surface area (Å²) in [6.07, 6.45) is 5.67. The molecule has 0 aromatic rings. The molecular formula is C18H27FN4. The number of aliphatic imine (C=N–C) groups is 2. The lowest BCUT2D eigenvalue weighted by Gasteiger charge is -2.30. The molecule has 1 saturated heterocycles. The molecular weight excluding hydrogens is 291 g/mol. The molecule has 3 heterocycles. The summed E-state index contributed by atoms with van der Waals surface area (Å²) in [4.78, 5) is 13.5. The zero-order valence-electron chi connectivity index (χ0n) is 14.8. The topological polar surface area (TPSA) is 31.2 Å². The van der Waals surface area contributed by atoms with Crippen LogP contribution in [0.5, 0.6) is 0 Å². The molecule has 0 spiro atoms. The largest absolute Gasteiger partial charge is 0.351 e. The van der Waals surface area contributed by atoms with Crippen LogP contribution in [-0.4, -0.2) is 53.9 Å². The Kier molecular flexibility index (Phi) is 4.07. The number of likely N-dealkylation sites (N-methyl/N-ethyl adjacent to an activating group) is 1. The molecule has 0 radical (unpaired) electrons. The standard InChI is InChI=1S/C18H27FN4/c1-12-6-7-13(16(19)20-12)14-8-9-15-17(21-14)22(5)11-23(15)10-18(2,3)4/h6-7,9,13-14,16H,8,10-11H2,1-5H3. The van der Waals surface area contributed by atoms with Crippen LogP contribution < -0.4 is 0 Å². The fourth-order valence-corrected chi connectivity index (χ4v) is 3.49. The summed E-state index contributed by atoms with van der Waals surface area (Å²) >= 11 is 0. The molecule has 0 saturated carbocycles. The second kappa shape index (κ2) is 5.77. The van der Waals surface area contributed by atoms with E-state index in [0.29, 0.717) is 0 Å². The third-order valence-corrected chi connectivity index (χ3v) is 4.47. The van der Waals surface area contributed by atoms with Crippen LogP contribution in [-0.2, 0) is 0 Å². The SMILES string of the molecule is CC1=NC(F)C(C2CC=C3C(=N2)N(C)CN3CC(C)(C)C)C=C1. The van der Waals surface area contributed by atoms with Crippen LogP contribution in [0.15, 0.2) is 33.9 Å². The van der Waals surface area contributed by atoms with Crippen molar-refractivity contribution in [1.82, 2.24) is 9.80 Å². The van der Waals surface area contributed by atoms with Crippen LogP contribution in [0, 0.1) is 11.3 Å². The van der Waals surface area contributed by atoms with E-state index >= 15 is 0 Å². The zero-order chi connectivity index (χ0) is 16.8. The molecule has 3 rings (SSSR count). The molecule has 3 unspecified atom stereocenters. The van der Waals surface area contributed by atoms with Crippen LogP contribution in [0.25, 0.3) is 0 Å². The summed E-state index contributed by atoms with van der Waals surface area (Å²) in [5.41, 5.74) is 2.19. The van der Waals surface area contributed by atoms with E-state index in [1.54, 1.807) is 0 Å². The van der Waals surface area contributed by atoms with E-state index in [9.17, 15) is 4.39 Å². The van der Waals surface area contributed by atoms with Gasteiger partial charge in [-0.3, -0.25) is 9.98 Å². The van der Waals surface area contributed by atoms with Gasteiger partial charge in [0.2, 0.25) is 0 Å². The van der Waals surface area contributed by atoms with Crippen molar-refractivity contribution in [3.63, 3.8) is 0 Å². The van der Waals surface area contributed by atoms with Gasteiger partial charge in [-0.05, 0) is 24.8 Å². The maximum absolute atomic E-state index is 14.3. The highest BCUT2D eigenvalue weighted by Gasteiger charge is 2.37. The first-order chi connectivity index (χ1) is 10.7. The van der Waals surface area contributed by atoms with Crippen molar-refractivity contribution < 1.29 is 4.39 Å². The van der Waals surface area contributed by atoms with Gasteiger partial charge in [0.1, 0.15) is 5.84 Å². The van der Waals surface area contributed by atoms with Gasteiger partial charge in [-0.2, -0.15) is 0 Å². The van der Waals surface area contributed by atoms with Gasteiger partial charge in [0.05, 0.1) is 24.3 Å². The van der Waals surface area contributed by atoms with Crippen molar-refractivity contribution in [2.75, 3.05) is 20.3 Å². The quantitative estimate of drug-likeness (QED) is 0.732. The van der Waals surface area contributed by atoms with Gasteiger partial charge in [-0.1, -0.05) is 32.9 Å². The Morgan fingerprint density at radius 1 is 1.30 bits per heavy atom. The van der Waals surface area contributed by atoms with Crippen LogP contribution >= 0.6 is 0 Å². The van der Waals surface area contributed by atoms with E-state index in [2.05, 4.69) is 48.7 Å². The Labute approximate surface area is 138 Å². The third kappa shape index (κ3) is 3.33. The maximum atomic E-state index is 14.3. The number of halogens is 1. The number of allylic oxidation sites excluding steroid dienone is 1. The lowest BCUT2D eigenvalue weighted by molar-refractivity contribution is 0.222. The van der Waals surface area contributed by atoms with Crippen molar-refractivity contribution in [1.29, 1.82) is 0 Å². The van der Waals surface area contributed by atoms with Crippen molar-refractivity contribution in [2.45, 2.75) is 46.5 Å². The molecule has 5 heteroatoms. The average molecular weight is 318 g/mol. The molecule has 0 aliphatic carbocycles. The number of hydrogen-bond acceptors (Lipinski definition) is 4. The average Bonchev–Trinajstić information content (AvgIpc) is 2.73. The molecule has 0 N–H and O–H groups in total. The maximum Gasteiger partial charge on any atom is 0.198 e. The number of nitrogens with zero attached hydrogens (tertiary/aromatic N) is 4. The van der Waals surface area contributed by atoms with Gasteiger partial charge in [0.25, 0.3) is 0 Å². The molecule has 23 heavy (non-hydrogen) atoms. The highest BCUT2D eigenvalue weighted by molar-refractivity contribution is 6.00. The summed E-state index contributed by atoms with van der Waals surface area (Å²) in [5, 5.41) is 0. The van der Waals surface area contributed by atoms with Crippen molar-refractivity contribution in [3.8, 4) is 0 Å². The van der Waals surface area contributed by atoms with Crippen LogP contribution in [0.4, 0.5) is 4.39 Å². The predicted octanol–water partition coefficient (Wildman–Crippen LogP) is 3.23. The zero-order valence-corrected chi connectivity index (χ0v) is 14.8. The van der Waals surface area contributed by atoms with E-state index in [4.69, 9.17) is 4.99 Å². The van der Waals surface area contributed by atoms with Gasteiger partial charge in [0.15, 0.2) is 6.30 Å². The second-order valence-corrected chi connectivity index (χ2v) is 8.02. The number of rotatable bonds is 2. The van der Waals surface area contributed by atoms with Crippen molar-refractivity contribution in [3.05, 3.63) is 23.9 Å². The molecule has 3 atom stereocenters. The second-order valence-electron chi connectivity index (χ2n) is 8.02. The molecule has 0 aromatic carbocycles. The van der Waals surface area contributed by atoms with E-state index in [0.717, 1.165) is 31.2 Å². The Bertz CT molecular complexity index is 597. The first kappa shape index (κ1) is 16.2. The summed E-state index contributed by atoms with van der Waals surface area (Å²) in [6.45, 7) is 10.4. The summed E-state index contributed by atoms with van der Waals surface area (Å²) in [7, 11) is 2.06. The highest BCUT2D eigenvalue weighted by Crippen LogP contribution is 2.32. The minimum absolute atomic E-state index is 0.0612. The first-order valence-electron chi connectivity index (χ1n) is 8.36. The van der Waals surface area contributed by atoms with Gasteiger partial charge in [-0.15, -0.1) is 0 Å². The van der Waals surface area contributed by atoms with Gasteiger partial charge >= 0.3 is 0 Å². The minimum atomic E-state index is -1.18. The minimum Gasteiger partial charge on any atom is -0.351 e. The number of dihydropyridines is 2. The van der Waals surface area contributed by atoms with Crippen molar-refractivity contribution >= 4 is 11.5 Å². The lowest BCUT2D eigenvalue weighted by atomic mass is 9.91. The lowest BCUT2D eigenvalue weighted by Crippen LogP contribution is -2.33. The van der Waals surface area contributed by atoms with E-state index in [1.807, 2.05) is 19.1 Å². The summed E-state index contributed by atoms with van der Waals surface area (Å²) in [5.74, 6) is 0.742. The van der Waals surface area contributed by atoms with E-state index < -0.39 is 6.30 Å². The molecule has 126 valence electrons. The third-order valence-electron chi connectivity index (χ3n) is 4.47. The molecule has 4 nitrogen and oxygen atoms in total. The smallest absolute Gasteiger partial charge is 0.198 e. The van der Waals surface area contributed by atoms with Crippen LogP contribution in [0.1, 0.15) is 34.1 Å². The molecule has 0 amide bonds. The fourth-order valence-electron chi connectivity index (χ4n) is 3.49. The number of alkyl halides is 1. The van der Waals surface area contributed by atoms with Gasteiger partial charge in [-0.25, -0.2) is 4.39 Å². The fraction of sp³-hybridized carbons (Fsp3) is 0.667. The monoisotopic (exact) mass is 318 g/mol. The van der Waals surface area contributed by atoms with Crippen LogP contribution in [0.3, 0.4) is 0 Å². The predicted molar refractivity (Wildman–Crippen MR) is 93.3 cm³/mol. The highest BCUT2D eigenvalue weighted by atomic mass is 19.1. The number of fused-ring (bicyclic) bond motifs is 1. The number of amidine groups is 1.